The van der Waals surface area contributed by atoms with Gasteiger partial charge in [0, 0.05) is 29.6 Å². The van der Waals surface area contributed by atoms with Gasteiger partial charge in [0.25, 0.3) is 5.69 Å². The summed E-state index contributed by atoms with van der Waals surface area (Å²) in [4.78, 5) is 14.3. The van der Waals surface area contributed by atoms with Gasteiger partial charge < -0.3 is 5.73 Å². The quantitative estimate of drug-likeness (QED) is 0.645. The van der Waals surface area contributed by atoms with E-state index in [2.05, 4.69) is 9.36 Å². The highest BCUT2D eigenvalue weighted by molar-refractivity contribution is 7.09. The summed E-state index contributed by atoms with van der Waals surface area (Å²) in [5.41, 5.74) is 6.11. The number of nitro groups is 1. The average molecular weight is 236 g/mol. The lowest BCUT2D eigenvalue weighted by molar-refractivity contribution is -0.385. The number of nitrogens with zero attached hydrogens (tertiary/aromatic N) is 3. The van der Waals surface area contributed by atoms with Gasteiger partial charge in [-0.15, -0.1) is 0 Å². The van der Waals surface area contributed by atoms with Crippen molar-refractivity contribution in [3.05, 3.63) is 45.8 Å². The largest absolute Gasteiger partial charge is 0.374 e. The molecule has 6 nitrogen and oxygen atoms in total. The van der Waals surface area contributed by atoms with E-state index in [9.17, 15) is 10.1 Å². The summed E-state index contributed by atoms with van der Waals surface area (Å²) in [6.45, 7) is 0. The van der Waals surface area contributed by atoms with E-state index in [4.69, 9.17) is 5.73 Å². The molecule has 0 radical (unpaired) electrons. The second-order valence-corrected chi connectivity index (χ2v) is 3.89. The zero-order valence-electron chi connectivity index (χ0n) is 8.16. The first-order valence-electron chi connectivity index (χ1n) is 4.47. The monoisotopic (exact) mass is 236 g/mol. The molecule has 1 aromatic heterocycles. The van der Waals surface area contributed by atoms with Crippen LogP contribution < -0.4 is 5.73 Å². The van der Waals surface area contributed by atoms with Gasteiger partial charge in [-0.3, -0.25) is 10.1 Å². The van der Waals surface area contributed by atoms with Crippen molar-refractivity contribution in [2.45, 2.75) is 6.42 Å². The Morgan fingerprint density at radius 3 is 2.81 bits per heavy atom. The summed E-state index contributed by atoms with van der Waals surface area (Å²) in [5, 5.41) is 11.1. The Balaban J connectivity index is 2.31. The maximum atomic E-state index is 10.8. The second-order valence-electron chi connectivity index (χ2n) is 3.11. The molecule has 2 aromatic rings. The van der Waals surface area contributed by atoms with Crippen molar-refractivity contribution in [1.82, 2.24) is 9.36 Å². The molecule has 1 heterocycles. The first-order chi connectivity index (χ1) is 7.66. The normalized spacial score (nSPS) is 10.2. The second kappa shape index (κ2) is 4.23. The number of para-hydroxylation sites is 1. The molecule has 1 aromatic carbocycles. The molecule has 7 heteroatoms. The van der Waals surface area contributed by atoms with Crippen LogP contribution in [0.15, 0.2) is 24.3 Å². The van der Waals surface area contributed by atoms with Gasteiger partial charge in [0.05, 0.1) is 4.92 Å². The van der Waals surface area contributed by atoms with Crippen LogP contribution >= 0.6 is 11.5 Å². The third-order valence-corrected chi connectivity index (χ3v) is 2.60. The van der Waals surface area contributed by atoms with Crippen LogP contribution in [-0.4, -0.2) is 14.3 Å². The number of hydrogen-bond acceptors (Lipinski definition) is 6. The van der Waals surface area contributed by atoms with Gasteiger partial charge in [-0.2, -0.15) is 4.37 Å². The van der Waals surface area contributed by atoms with Gasteiger partial charge in [-0.25, -0.2) is 4.98 Å². The standard InChI is InChI=1S/C9H8N4O2S/c10-9-11-8(12-16-9)5-6-3-1-2-4-7(6)13(14)15/h1-4H,5H2,(H2,10,11,12). The topological polar surface area (TPSA) is 94.9 Å². The Labute approximate surface area is 95.1 Å². The molecule has 16 heavy (non-hydrogen) atoms. The molecule has 0 saturated heterocycles. The molecule has 82 valence electrons. The maximum Gasteiger partial charge on any atom is 0.273 e. The van der Waals surface area contributed by atoms with Crippen LogP contribution in [-0.2, 0) is 6.42 Å². The number of rotatable bonds is 3. The van der Waals surface area contributed by atoms with E-state index in [0.717, 1.165) is 11.5 Å². The molecule has 0 unspecified atom stereocenters. The smallest absolute Gasteiger partial charge is 0.273 e. The van der Waals surface area contributed by atoms with E-state index in [0.29, 0.717) is 22.9 Å². The fourth-order valence-corrected chi connectivity index (χ4v) is 1.80. The molecule has 0 bridgehead atoms. The first-order valence-corrected chi connectivity index (χ1v) is 5.24. The molecule has 0 atom stereocenters. The van der Waals surface area contributed by atoms with Gasteiger partial charge in [0.1, 0.15) is 5.82 Å². The average Bonchev–Trinajstić information content (AvgIpc) is 2.64. The van der Waals surface area contributed by atoms with Crippen LogP contribution in [0.3, 0.4) is 0 Å². The maximum absolute atomic E-state index is 10.8. The molecular weight excluding hydrogens is 228 g/mol. The van der Waals surface area contributed by atoms with Crippen molar-refractivity contribution < 1.29 is 4.92 Å². The van der Waals surface area contributed by atoms with Gasteiger partial charge in [0.2, 0.25) is 0 Å². The van der Waals surface area contributed by atoms with Crippen molar-refractivity contribution in [2.24, 2.45) is 0 Å². The first kappa shape index (κ1) is 10.5. The molecule has 0 spiro atoms. The van der Waals surface area contributed by atoms with Crippen molar-refractivity contribution in [3.8, 4) is 0 Å². The summed E-state index contributed by atoms with van der Waals surface area (Å²) in [6.07, 6.45) is 0.324. The summed E-state index contributed by atoms with van der Waals surface area (Å²) in [5.74, 6) is 0.511. The highest BCUT2D eigenvalue weighted by Gasteiger charge is 2.14. The summed E-state index contributed by atoms with van der Waals surface area (Å²) < 4.78 is 3.99. The van der Waals surface area contributed by atoms with Gasteiger partial charge in [-0.05, 0) is 0 Å². The molecule has 0 aliphatic rings. The minimum Gasteiger partial charge on any atom is -0.374 e. The predicted octanol–water partition coefficient (Wildman–Crippen LogP) is 1.62. The van der Waals surface area contributed by atoms with E-state index < -0.39 is 4.92 Å². The van der Waals surface area contributed by atoms with Crippen LogP contribution in [0.1, 0.15) is 11.4 Å². The van der Waals surface area contributed by atoms with Crippen molar-refractivity contribution in [1.29, 1.82) is 0 Å². The van der Waals surface area contributed by atoms with E-state index in [1.807, 2.05) is 0 Å². The lowest BCUT2D eigenvalue weighted by Gasteiger charge is -1.98. The van der Waals surface area contributed by atoms with E-state index in [1.165, 1.54) is 6.07 Å². The van der Waals surface area contributed by atoms with Crippen LogP contribution in [0, 0.1) is 10.1 Å². The lowest BCUT2D eigenvalue weighted by Crippen LogP contribution is -1.97. The van der Waals surface area contributed by atoms with Crippen molar-refractivity contribution in [2.75, 3.05) is 5.73 Å². The molecule has 2 N–H and O–H groups in total. The third kappa shape index (κ3) is 2.14. The van der Waals surface area contributed by atoms with Crippen molar-refractivity contribution in [3.63, 3.8) is 0 Å². The SMILES string of the molecule is Nc1nc(Cc2ccccc2[N+](=O)[O-])ns1. The fraction of sp³-hybridized carbons (Fsp3) is 0.111. The van der Waals surface area contributed by atoms with Crippen molar-refractivity contribution >= 4 is 22.4 Å². The summed E-state index contributed by atoms with van der Waals surface area (Å²) in [6, 6.07) is 6.53. The summed E-state index contributed by atoms with van der Waals surface area (Å²) >= 11 is 1.08. The molecule has 0 amide bonds. The number of nitrogen functional groups attached to an aromatic ring is 1. The minimum atomic E-state index is -0.412. The zero-order chi connectivity index (χ0) is 11.5. The Morgan fingerprint density at radius 1 is 1.44 bits per heavy atom. The van der Waals surface area contributed by atoms with E-state index in [-0.39, 0.29) is 5.69 Å². The number of anilines is 1. The fourth-order valence-electron chi connectivity index (χ4n) is 1.35. The highest BCUT2D eigenvalue weighted by Crippen LogP contribution is 2.20. The predicted molar refractivity (Wildman–Crippen MR) is 60.2 cm³/mol. The van der Waals surface area contributed by atoms with Gasteiger partial charge >= 0.3 is 0 Å². The Kier molecular flexibility index (Phi) is 2.78. The number of aromatic nitrogens is 2. The Morgan fingerprint density at radius 2 is 2.19 bits per heavy atom. The third-order valence-electron chi connectivity index (χ3n) is 2.02. The zero-order valence-corrected chi connectivity index (χ0v) is 8.98. The molecular formula is C9H8N4O2S. The molecule has 0 fully saturated rings. The van der Waals surface area contributed by atoms with Crippen LogP contribution in [0.4, 0.5) is 10.8 Å². The molecule has 0 aliphatic carbocycles. The lowest BCUT2D eigenvalue weighted by atomic mass is 10.1. The van der Waals surface area contributed by atoms with Gasteiger partial charge in [0.15, 0.2) is 5.13 Å². The van der Waals surface area contributed by atoms with Crippen LogP contribution in [0.25, 0.3) is 0 Å². The number of nitro benzene ring substituents is 1. The molecule has 2 rings (SSSR count). The number of nitrogens with two attached hydrogens (primary N) is 1. The van der Waals surface area contributed by atoms with Crippen LogP contribution in [0.5, 0.6) is 0 Å². The molecule has 0 saturated carbocycles. The molecule has 0 aliphatic heterocycles. The van der Waals surface area contributed by atoms with E-state index >= 15 is 0 Å². The summed E-state index contributed by atoms with van der Waals surface area (Å²) in [7, 11) is 0. The van der Waals surface area contributed by atoms with Gasteiger partial charge in [-0.1, -0.05) is 18.2 Å². The Hall–Kier alpha value is -2.02. The Bertz CT molecular complexity index is 526. The minimum absolute atomic E-state index is 0.0795. The van der Waals surface area contributed by atoms with Crippen LogP contribution in [0.2, 0.25) is 0 Å². The highest BCUT2D eigenvalue weighted by atomic mass is 32.1. The number of benzene rings is 1. The number of hydrogen-bond donors (Lipinski definition) is 1. The van der Waals surface area contributed by atoms with E-state index in [1.54, 1.807) is 18.2 Å².